The first kappa shape index (κ1) is 23.2. The smallest absolute Gasteiger partial charge is 0.0988 e. The quantitative estimate of drug-likeness (QED) is 0.221. The predicted molar refractivity (Wildman–Crippen MR) is 164 cm³/mol. The lowest BCUT2D eigenvalue weighted by Crippen LogP contribution is -2.14. The highest BCUT2D eigenvalue weighted by atomic mass is 14.3. The standard InChI is InChI=1S/C38H28N2/c39-21-23-5-3-8-28-19-34-32-9-2-1-6-27-16-30-17-29-15-24(22-40)12-14-26(29)18-33(30)36(38(27)32)20-35(34)31-10-4-7-25(13-11-23)37(28)31/h2-5,7,9-11,15,17-20,27H,1,6,8,12-14,16H2/b5-3-,23-11+. The zero-order chi connectivity index (χ0) is 26.8. The maximum absolute atomic E-state index is 9.60. The number of hydrogen-bond donors (Lipinski definition) is 0. The van der Waals surface area contributed by atoms with E-state index in [0.29, 0.717) is 5.92 Å². The Kier molecular flexibility index (Phi) is 5.20. The van der Waals surface area contributed by atoms with Crippen molar-refractivity contribution in [1.82, 2.24) is 0 Å². The second-order valence-corrected chi connectivity index (χ2v) is 11.7. The number of aryl methyl sites for hydroxylation is 1. The van der Waals surface area contributed by atoms with Crippen LogP contribution in [-0.4, -0.2) is 0 Å². The summed E-state index contributed by atoms with van der Waals surface area (Å²) in [6, 6.07) is 21.2. The van der Waals surface area contributed by atoms with E-state index >= 15 is 0 Å². The van der Waals surface area contributed by atoms with E-state index in [1.54, 1.807) is 0 Å². The molecule has 0 fully saturated rings. The summed E-state index contributed by atoms with van der Waals surface area (Å²) in [5.74, 6) is 0.493. The van der Waals surface area contributed by atoms with Gasteiger partial charge in [-0.15, -0.1) is 0 Å². The number of allylic oxidation sites excluding steroid dienone is 6. The van der Waals surface area contributed by atoms with Gasteiger partial charge >= 0.3 is 0 Å². The minimum atomic E-state index is 0.493. The van der Waals surface area contributed by atoms with Crippen LogP contribution < -0.4 is 0 Å². The number of nitriles is 2. The predicted octanol–water partition coefficient (Wildman–Crippen LogP) is 9.06. The van der Waals surface area contributed by atoms with Crippen LogP contribution in [0.5, 0.6) is 0 Å². The molecule has 0 saturated heterocycles. The van der Waals surface area contributed by atoms with Crippen molar-refractivity contribution < 1.29 is 0 Å². The third-order valence-electron chi connectivity index (χ3n) is 9.47. The third kappa shape index (κ3) is 3.46. The molecule has 0 amide bonds. The highest BCUT2D eigenvalue weighted by Crippen LogP contribution is 2.50. The van der Waals surface area contributed by atoms with Crippen LogP contribution in [0.1, 0.15) is 64.1 Å². The first-order valence-corrected chi connectivity index (χ1v) is 14.5. The Morgan fingerprint density at radius 3 is 2.60 bits per heavy atom. The van der Waals surface area contributed by atoms with Crippen LogP contribution >= 0.6 is 0 Å². The van der Waals surface area contributed by atoms with Crippen LogP contribution in [0.3, 0.4) is 0 Å². The van der Waals surface area contributed by atoms with E-state index in [4.69, 9.17) is 0 Å². The molecule has 0 aliphatic heterocycles. The molecule has 4 aromatic carbocycles. The molecule has 0 aromatic heterocycles. The minimum absolute atomic E-state index is 0.493. The highest BCUT2D eigenvalue weighted by Gasteiger charge is 2.30. The van der Waals surface area contributed by atoms with Crippen molar-refractivity contribution in [2.24, 2.45) is 0 Å². The molecular weight excluding hydrogens is 484 g/mol. The molecule has 0 radical (unpaired) electrons. The molecule has 0 heterocycles. The average molecular weight is 513 g/mol. The van der Waals surface area contributed by atoms with Crippen LogP contribution in [0, 0.1) is 22.7 Å². The lowest BCUT2D eigenvalue weighted by Gasteiger charge is -2.31. The SMILES string of the molecule is N#CC1=Cc2cc3c(cc2CC1)-c1cc2c(cc4c5c(cccc52)C/C=C(C#N)\C=C/C4)c2c1C(CCC=C2)C3. The molecular formula is C38H28N2. The number of benzene rings is 4. The molecule has 0 N–H and O–H groups in total. The zero-order valence-electron chi connectivity index (χ0n) is 22.4. The zero-order valence-corrected chi connectivity index (χ0v) is 22.4. The Labute approximate surface area is 234 Å². The normalized spacial score (nSPS) is 20.7. The molecule has 8 rings (SSSR count). The largest absolute Gasteiger partial charge is 0.193 e. The van der Waals surface area contributed by atoms with Gasteiger partial charge in [-0.2, -0.15) is 10.5 Å². The Morgan fingerprint density at radius 1 is 0.750 bits per heavy atom. The maximum Gasteiger partial charge on any atom is 0.0988 e. The molecule has 190 valence electrons. The second-order valence-electron chi connectivity index (χ2n) is 11.7. The summed E-state index contributed by atoms with van der Waals surface area (Å²) in [5, 5.41) is 24.4. The van der Waals surface area contributed by atoms with E-state index < -0.39 is 0 Å². The minimum Gasteiger partial charge on any atom is -0.193 e. The fraction of sp³-hybridized carbons (Fsp3) is 0.211. The van der Waals surface area contributed by atoms with E-state index in [2.05, 4.69) is 85.0 Å². The number of rotatable bonds is 0. The van der Waals surface area contributed by atoms with Crippen molar-refractivity contribution in [3.8, 4) is 23.3 Å². The summed E-state index contributed by atoms with van der Waals surface area (Å²) in [4.78, 5) is 0. The molecule has 40 heavy (non-hydrogen) atoms. The Balaban J connectivity index is 1.45. The topological polar surface area (TPSA) is 47.6 Å². The van der Waals surface area contributed by atoms with Gasteiger partial charge in [0.25, 0.3) is 0 Å². The van der Waals surface area contributed by atoms with Gasteiger partial charge in [0.1, 0.15) is 0 Å². The van der Waals surface area contributed by atoms with Crippen molar-refractivity contribution in [2.75, 3.05) is 0 Å². The summed E-state index contributed by atoms with van der Waals surface area (Å²) in [6.45, 7) is 0. The second kappa shape index (κ2) is 8.94. The summed E-state index contributed by atoms with van der Waals surface area (Å²) < 4.78 is 0. The van der Waals surface area contributed by atoms with Crippen molar-refractivity contribution in [2.45, 2.75) is 50.9 Å². The average Bonchev–Trinajstić information content (AvgIpc) is 3.15. The van der Waals surface area contributed by atoms with Crippen molar-refractivity contribution in [3.63, 3.8) is 0 Å². The Hall–Kier alpha value is -4.66. The highest BCUT2D eigenvalue weighted by molar-refractivity contribution is 6.14. The van der Waals surface area contributed by atoms with E-state index in [-0.39, 0.29) is 0 Å². The Morgan fingerprint density at radius 2 is 1.70 bits per heavy atom. The van der Waals surface area contributed by atoms with E-state index in [0.717, 1.165) is 56.1 Å². The van der Waals surface area contributed by atoms with Crippen LogP contribution in [0.25, 0.3) is 44.8 Å². The molecule has 0 bridgehead atoms. The van der Waals surface area contributed by atoms with Crippen LogP contribution in [0.4, 0.5) is 0 Å². The fourth-order valence-corrected chi connectivity index (χ4v) is 7.63. The fourth-order valence-electron chi connectivity index (χ4n) is 7.63. The Bertz CT molecular complexity index is 2000. The molecule has 1 atom stereocenters. The van der Waals surface area contributed by atoms with Crippen molar-refractivity contribution in [3.05, 3.63) is 117 Å². The molecule has 4 aliphatic rings. The molecule has 0 saturated carbocycles. The monoisotopic (exact) mass is 512 g/mol. The van der Waals surface area contributed by atoms with E-state index in [9.17, 15) is 10.5 Å². The molecule has 2 nitrogen and oxygen atoms in total. The first-order chi connectivity index (χ1) is 19.7. The van der Waals surface area contributed by atoms with Crippen LogP contribution in [0.15, 0.2) is 77.9 Å². The summed E-state index contributed by atoms with van der Waals surface area (Å²) in [6.07, 6.45) is 19.7. The van der Waals surface area contributed by atoms with E-state index in [1.807, 2.05) is 6.08 Å². The third-order valence-corrected chi connectivity index (χ3v) is 9.47. The molecule has 2 heteroatoms. The molecule has 0 spiro atoms. The van der Waals surface area contributed by atoms with Gasteiger partial charge in [-0.05, 0) is 147 Å². The number of hydrogen-bond acceptors (Lipinski definition) is 2. The van der Waals surface area contributed by atoms with Gasteiger partial charge in [0.2, 0.25) is 0 Å². The summed E-state index contributed by atoms with van der Waals surface area (Å²) >= 11 is 0. The van der Waals surface area contributed by atoms with Gasteiger partial charge in [-0.3, -0.25) is 0 Å². The number of nitrogens with zero attached hydrogens (tertiary/aromatic N) is 2. The molecule has 1 unspecified atom stereocenters. The van der Waals surface area contributed by atoms with Crippen molar-refractivity contribution >= 4 is 33.7 Å². The maximum atomic E-state index is 9.60. The molecule has 4 aliphatic carbocycles. The lowest BCUT2D eigenvalue weighted by molar-refractivity contribution is 0.627. The van der Waals surface area contributed by atoms with Gasteiger partial charge < -0.3 is 0 Å². The lowest BCUT2D eigenvalue weighted by atomic mass is 9.72. The first-order valence-electron chi connectivity index (χ1n) is 14.5. The van der Waals surface area contributed by atoms with E-state index in [1.165, 1.54) is 71.6 Å². The van der Waals surface area contributed by atoms with Crippen molar-refractivity contribution in [1.29, 1.82) is 10.5 Å². The van der Waals surface area contributed by atoms with Gasteiger partial charge in [0.15, 0.2) is 0 Å². The van der Waals surface area contributed by atoms with Gasteiger partial charge in [0.05, 0.1) is 12.1 Å². The van der Waals surface area contributed by atoms with Gasteiger partial charge in [-0.25, -0.2) is 0 Å². The van der Waals surface area contributed by atoms with Gasteiger partial charge in [0, 0.05) is 11.1 Å². The number of fused-ring (bicyclic) bond motifs is 6. The van der Waals surface area contributed by atoms with Gasteiger partial charge in [-0.1, -0.05) is 54.6 Å². The van der Waals surface area contributed by atoms with Crippen LogP contribution in [0.2, 0.25) is 0 Å². The van der Waals surface area contributed by atoms with Crippen LogP contribution in [-0.2, 0) is 25.7 Å². The summed E-state index contributed by atoms with van der Waals surface area (Å²) in [5.41, 5.74) is 14.0. The summed E-state index contributed by atoms with van der Waals surface area (Å²) in [7, 11) is 0. The molecule has 4 aromatic rings.